The number of rotatable bonds is 6. The van der Waals surface area contributed by atoms with Crippen LogP contribution < -0.4 is 15.4 Å². The van der Waals surface area contributed by atoms with Gasteiger partial charge in [0.1, 0.15) is 5.75 Å². The summed E-state index contributed by atoms with van der Waals surface area (Å²) < 4.78 is 5.09. The molecule has 23 heavy (non-hydrogen) atoms. The minimum Gasteiger partial charge on any atom is -0.495 e. The average molecular weight is 354 g/mol. The first-order valence-corrected chi connectivity index (χ1v) is 8.40. The van der Waals surface area contributed by atoms with E-state index in [9.17, 15) is 4.79 Å². The molecule has 2 N–H and O–H groups in total. The molecule has 1 aromatic heterocycles. The summed E-state index contributed by atoms with van der Waals surface area (Å²) in [6, 6.07) is 7.04. The van der Waals surface area contributed by atoms with Gasteiger partial charge in [0, 0.05) is 12.2 Å². The number of urea groups is 1. The smallest absolute Gasteiger partial charge is 0.319 e. The van der Waals surface area contributed by atoms with Crippen molar-refractivity contribution in [2.45, 2.75) is 6.04 Å². The van der Waals surface area contributed by atoms with E-state index in [0.29, 0.717) is 23.0 Å². The fourth-order valence-electron chi connectivity index (χ4n) is 2.17. The Bertz CT molecular complexity index is 647. The number of thiophene rings is 1. The number of likely N-dealkylation sites (N-methyl/N-ethyl adjacent to an activating group) is 1. The number of amides is 2. The number of hydrogen-bond acceptors (Lipinski definition) is 4. The molecule has 2 amide bonds. The molecule has 1 heterocycles. The van der Waals surface area contributed by atoms with Gasteiger partial charge in [0.05, 0.1) is 18.2 Å². The highest BCUT2D eigenvalue weighted by atomic mass is 35.5. The Morgan fingerprint density at radius 3 is 2.74 bits per heavy atom. The van der Waals surface area contributed by atoms with Crippen LogP contribution in [0.25, 0.3) is 0 Å². The third kappa shape index (κ3) is 4.86. The van der Waals surface area contributed by atoms with Crippen LogP contribution in [0, 0.1) is 0 Å². The minimum atomic E-state index is -0.270. The molecular formula is C16H20ClN3O2S. The Morgan fingerprint density at radius 2 is 2.17 bits per heavy atom. The lowest BCUT2D eigenvalue weighted by molar-refractivity contribution is 0.243. The van der Waals surface area contributed by atoms with Crippen molar-refractivity contribution in [3.63, 3.8) is 0 Å². The molecule has 0 spiro atoms. The van der Waals surface area contributed by atoms with E-state index >= 15 is 0 Å². The first kappa shape index (κ1) is 17.6. The van der Waals surface area contributed by atoms with E-state index in [1.54, 1.807) is 36.6 Å². The van der Waals surface area contributed by atoms with Gasteiger partial charge in [0.15, 0.2) is 0 Å². The van der Waals surface area contributed by atoms with Crippen LogP contribution in [0.4, 0.5) is 10.5 Å². The van der Waals surface area contributed by atoms with Gasteiger partial charge < -0.3 is 20.3 Å². The number of nitrogens with zero attached hydrogens (tertiary/aromatic N) is 1. The number of carbonyl (C=O) groups excluding carboxylic acids is 1. The standard InChI is InChI=1S/C16H20ClN3O2S/c1-20(2)14(11-6-7-23-10-11)9-18-16(21)19-12-4-5-15(22-3)13(17)8-12/h4-8,10,14H,9H2,1-3H3,(H2,18,19,21). The van der Waals surface area contributed by atoms with Crippen LogP contribution in [0.3, 0.4) is 0 Å². The Kier molecular flexibility index (Phi) is 6.27. The van der Waals surface area contributed by atoms with Crippen molar-refractivity contribution in [1.29, 1.82) is 0 Å². The molecule has 0 radical (unpaired) electrons. The number of anilines is 1. The molecule has 0 aliphatic heterocycles. The zero-order valence-electron chi connectivity index (χ0n) is 13.3. The monoisotopic (exact) mass is 353 g/mol. The number of hydrogen-bond donors (Lipinski definition) is 2. The van der Waals surface area contributed by atoms with E-state index in [-0.39, 0.29) is 12.1 Å². The summed E-state index contributed by atoms with van der Waals surface area (Å²) in [5.74, 6) is 0.572. The summed E-state index contributed by atoms with van der Waals surface area (Å²) in [6.07, 6.45) is 0. The van der Waals surface area contributed by atoms with E-state index in [0.717, 1.165) is 0 Å². The van der Waals surface area contributed by atoms with E-state index in [1.165, 1.54) is 5.56 Å². The van der Waals surface area contributed by atoms with Crippen LogP contribution in [0.5, 0.6) is 5.75 Å². The SMILES string of the molecule is COc1ccc(NC(=O)NCC(c2ccsc2)N(C)C)cc1Cl. The average Bonchev–Trinajstić information content (AvgIpc) is 3.01. The maximum Gasteiger partial charge on any atom is 0.319 e. The zero-order valence-corrected chi connectivity index (χ0v) is 14.9. The molecule has 1 unspecified atom stereocenters. The van der Waals surface area contributed by atoms with Crippen LogP contribution in [-0.4, -0.2) is 38.7 Å². The summed E-state index contributed by atoms with van der Waals surface area (Å²) in [7, 11) is 5.53. The van der Waals surface area contributed by atoms with Gasteiger partial charge in [-0.15, -0.1) is 0 Å². The van der Waals surface area contributed by atoms with Crippen molar-refractivity contribution < 1.29 is 9.53 Å². The van der Waals surface area contributed by atoms with Crippen molar-refractivity contribution in [1.82, 2.24) is 10.2 Å². The quantitative estimate of drug-likeness (QED) is 0.829. The lowest BCUT2D eigenvalue weighted by Gasteiger charge is -2.24. The van der Waals surface area contributed by atoms with Crippen molar-refractivity contribution in [2.75, 3.05) is 33.1 Å². The first-order chi connectivity index (χ1) is 11.0. The van der Waals surface area contributed by atoms with E-state index in [4.69, 9.17) is 16.3 Å². The summed E-state index contributed by atoms with van der Waals surface area (Å²) >= 11 is 7.69. The molecule has 0 saturated heterocycles. The van der Waals surface area contributed by atoms with Crippen molar-refractivity contribution in [3.8, 4) is 5.75 Å². The molecule has 0 aliphatic rings. The van der Waals surface area contributed by atoms with Crippen LogP contribution in [-0.2, 0) is 0 Å². The first-order valence-electron chi connectivity index (χ1n) is 7.08. The van der Waals surface area contributed by atoms with Gasteiger partial charge in [-0.2, -0.15) is 11.3 Å². The van der Waals surface area contributed by atoms with Gasteiger partial charge >= 0.3 is 6.03 Å². The predicted octanol–water partition coefficient (Wildman–Crippen LogP) is 3.83. The number of benzene rings is 1. The summed E-state index contributed by atoms with van der Waals surface area (Å²) in [4.78, 5) is 14.1. The highest BCUT2D eigenvalue weighted by molar-refractivity contribution is 7.07. The Labute approximate surface area is 145 Å². The Morgan fingerprint density at radius 1 is 1.39 bits per heavy atom. The Hall–Kier alpha value is -1.76. The number of nitrogens with one attached hydrogen (secondary N) is 2. The van der Waals surface area contributed by atoms with Crippen molar-refractivity contribution >= 4 is 34.7 Å². The van der Waals surface area contributed by atoms with Crippen LogP contribution in [0.1, 0.15) is 11.6 Å². The third-order valence-corrected chi connectivity index (χ3v) is 4.41. The summed E-state index contributed by atoms with van der Waals surface area (Å²) in [5.41, 5.74) is 1.80. The molecule has 0 aliphatic carbocycles. The highest BCUT2D eigenvalue weighted by Gasteiger charge is 2.15. The van der Waals surface area contributed by atoms with Gasteiger partial charge in [0.2, 0.25) is 0 Å². The second-order valence-electron chi connectivity index (χ2n) is 5.22. The number of methoxy groups -OCH3 is 1. The lowest BCUT2D eigenvalue weighted by Crippen LogP contribution is -2.36. The maximum absolute atomic E-state index is 12.1. The normalized spacial score (nSPS) is 12.0. The summed E-state index contributed by atoms with van der Waals surface area (Å²) in [5, 5.41) is 10.2. The molecule has 0 saturated carbocycles. The van der Waals surface area contributed by atoms with Gasteiger partial charge in [-0.05, 0) is 54.7 Å². The summed E-state index contributed by atoms with van der Waals surface area (Å²) in [6.45, 7) is 0.513. The second kappa shape index (κ2) is 8.19. The number of halogens is 1. The van der Waals surface area contributed by atoms with Crippen LogP contribution in [0.2, 0.25) is 5.02 Å². The second-order valence-corrected chi connectivity index (χ2v) is 6.41. The molecule has 1 atom stereocenters. The van der Waals surface area contributed by atoms with Crippen LogP contribution in [0.15, 0.2) is 35.0 Å². The topological polar surface area (TPSA) is 53.6 Å². The molecule has 2 rings (SSSR count). The molecule has 7 heteroatoms. The van der Waals surface area contributed by atoms with Gasteiger partial charge in [-0.1, -0.05) is 11.6 Å². The van der Waals surface area contributed by atoms with Gasteiger partial charge in [-0.3, -0.25) is 0 Å². The minimum absolute atomic E-state index is 0.131. The maximum atomic E-state index is 12.1. The highest BCUT2D eigenvalue weighted by Crippen LogP contribution is 2.27. The van der Waals surface area contributed by atoms with Crippen LogP contribution >= 0.6 is 22.9 Å². The number of ether oxygens (including phenoxy) is 1. The molecular weight excluding hydrogens is 334 g/mol. The lowest BCUT2D eigenvalue weighted by atomic mass is 10.1. The third-order valence-electron chi connectivity index (χ3n) is 3.42. The molecule has 0 fully saturated rings. The molecule has 5 nitrogen and oxygen atoms in total. The molecule has 2 aromatic rings. The molecule has 0 bridgehead atoms. The zero-order chi connectivity index (χ0) is 16.8. The van der Waals surface area contributed by atoms with E-state index < -0.39 is 0 Å². The number of carbonyl (C=O) groups is 1. The van der Waals surface area contributed by atoms with Gasteiger partial charge in [-0.25, -0.2) is 4.79 Å². The van der Waals surface area contributed by atoms with Crippen molar-refractivity contribution in [3.05, 3.63) is 45.6 Å². The van der Waals surface area contributed by atoms with E-state index in [2.05, 4.69) is 27.0 Å². The molecule has 1 aromatic carbocycles. The van der Waals surface area contributed by atoms with Gasteiger partial charge in [0.25, 0.3) is 0 Å². The predicted molar refractivity (Wildman–Crippen MR) is 95.8 cm³/mol. The molecule has 124 valence electrons. The fourth-order valence-corrected chi connectivity index (χ4v) is 3.14. The Balaban J connectivity index is 1.93. The fraction of sp³-hybridized carbons (Fsp3) is 0.312. The largest absolute Gasteiger partial charge is 0.495 e. The van der Waals surface area contributed by atoms with Crippen molar-refractivity contribution in [2.24, 2.45) is 0 Å². The van der Waals surface area contributed by atoms with E-state index in [1.807, 2.05) is 19.5 Å².